The fourth-order valence-corrected chi connectivity index (χ4v) is 1.65. The Hall–Kier alpha value is -2.63. The van der Waals surface area contributed by atoms with Gasteiger partial charge in [0.2, 0.25) is 5.88 Å². The van der Waals surface area contributed by atoms with Crippen molar-refractivity contribution < 1.29 is 4.74 Å². The highest BCUT2D eigenvalue weighted by atomic mass is 16.5. The van der Waals surface area contributed by atoms with E-state index in [9.17, 15) is 0 Å². The zero-order chi connectivity index (χ0) is 12.5. The third-order valence-electron chi connectivity index (χ3n) is 2.61. The van der Waals surface area contributed by atoms with Gasteiger partial charge in [-0.25, -0.2) is 9.97 Å². The number of nitrogens with zero attached hydrogens (tertiary/aromatic N) is 3. The summed E-state index contributed by atoms with van der Waals surface area (Å²) >= 11 is 0. The Morgan fingerprint density at radius 2 is 2.11 bits per heavy atom. The Balaban J connectivity index is 2.06. The summed E-state index contributed by atoms with van der Waals surface area (Å²) in [5.41, 5.74) is 8.60. The number of benzene rings is 1. The number of imidazole rings is 1. The molecule has 90 valence electrons. The molecule has 3 rings (SSSR count). The Bertz CT molecular complexity index is 707. The van der Waals surface area contributed by atoms with E-state index < -0.39 is 0 Å². The summed E-state index contributed by atoms with van der Waals surface area (Å²) in [6.07, 6.45) is 2.97. The van der Waals surface area contributed by atoms with Crippen LogP contribution in [0, 0.1) is 6.92 Å². The van der Waals surface area contributed by atoms with Crippen molar-refractivity contribution in [3.63, 3.8) is 0 Å². The second-order valence-electron chi connectivity index (χ2n) is 3.91. The number of nitrogens with two attached hydrogens (primary N) is 1. The number of fused-ring (bicyclic) bond motifs is 1. The molecule has 0 aliphatic rings. The van der Waals surface area contributed by atoms with Crippen molar-refractivity contribution >= 4 is 16.9 Å². The smallest absolute Gasteiger partial charge is 0.248 e. The molecule has 0 bridgehead atoms. The van der Waals surface area contributed by atoms with Crippen LogP contribution in [0.25, 0.3) is 11.2 Å². The summed E-state index contributed by atoms with van der Waals surface area (Å²) in [5.74, 6) is 1.11. The van der Waals surface area contributed by atoms with Gasteiger partial charge in [-0.3, -0.25) is 0 Å². The van der Waals surface area contributed by atoms with Crippen LogP contribution in [0.3, 0.4) is 0 Å². The van der Waals surface area contributed by atoms with Gasteiger partial charge in [-0.1, -0.05) is 6.07 Å². The molecular formula is C12H11N5O. The summed E-state index contributed by atoms with van der Waals surface area (Å²) in [6.45, 7) is 1.94. The molecule has 6 nitrogen and oxygen atoms in total. The quantitative estimate of drug-likeness (QED) is 0.670. The lowest BCUT2D eigenvalue weighted by Crippen LogP contribution is -1.94. The van der Waals surface area contributed by atoms with Gasteiger partial charge in [0.25, 0.3) is 0 Å². The zero-order valence-electron chi connectivity index (χ0n) is 9.71. The Morgan fingerprint density at radius 1 is 1.22 bits per heavy atom. The van der Waals surface area contributed by atoms with Crippen molar-refractivity contribution in [1.82, 2.24) is 19.9 Å². The first-order chi connectivity index (χ1) is 8.74. The first-order valence-electron chi connectivity index (χ1n) is 5.42. The molecule has 3 N–H and O–H groups in total. The monoisotopic (exact) mass is 241 g/mol. The lowest BCUT2D eigenvalue weighted by atomic mass is 10.2. The first-order valence-corrected chi connectivity index (χ1v) is 5.42. The van der Waals surface area contributed by atoms with Crippen LogP contribution in [0.5, 0.6) is 11.6 Å². The molecule has 0 radical (unpaired) electrons. The number of anilines is 1. The molecule has 2 aromatic heterocycles. The topological polar surface area (TPSA) is 89.7 Å². The number of aromatic nitrogens is 4. The maximum absolute atomic E-state index is 5.76. The molecule has 0 aliphatic heterocycles. The van der Waals surface area contributed by atoms with Gasteiger partial charge >= 0.3 is 0 Å². The highest BCUT2D eigenvalue weighted by Gasteiger charge is 2.09. The molecule has 2 heterocycles. The molecule has 0 saturated heterocycles. The van der Waals surface area contributed by atoms with E-state index in [4.69, 9.17) is 10.5 Å². The molecule has 0 amide bonds. The van der Waals surface area contributed by atoms with Gasteiger partial charge in [-0.05, 0) is 18.6 Å². The number of rotatable bonds is 2. The van der Waals surface area contributed by atoms with Crippen LogP contribution >= 0.6 is 0 Å². The van der Waals surface area contributed by atoms with Crippen LogP contribution in [0.15, 0.2) is 30.9 Å². The van der Waals surface area contributed by atoms with Crippen molar-refractivity contribution in [1.29, 1.82) is 0 Å². The van der Waals surface area contributed by atoms with Gasteiger partial charge in [0.05, 0.1) is 6.33 Å². The average molecular weight is 241 g/mol. The number of nitrogen functional groups attached to an aromatic ring is 1. The molecular weight excluding hydrogens is 230 g/mol. The summed E-state index contributed by atoms with van der Waals surface area (Å²) in [4.78, 5) is 15.1. The highest BCUT2D eigenvalue weighted by molar-refractivity contribution is 5.75. The minimum Gasteiger partial charge on any atom is -0.437 e. The predicted molar refractivity (Wildman–Crippen MR) is 67.3 cm³/mol. The lowest BCUT2D eigenvalue weighted by Gasteiger charge is -2.08. The number of nitrogens with one attached hydrogen (secondary N) is 1. The predicted octanol–water partition coefficient (Wildman–Crippen LogP) is 2.04. The standard InChI is InChI=1S/C12H11N5O/c1-7-2-3-8(13)4-9(7)18-12-10-11(15-5-14-10)16-6-17-12/h2-6H,13H2,1H3,(H,14,15,16,17). The van der Waals surface area contributed by atoms with E-state index in [-0.39, 0.29) is 0 Å². The highest BCUT2D eigenvalue weighted by Crippen LogP contribution is 2.28. The molecule has 0 aliphatic carbocycles. The van der Waals surface area contributed by atoms with Gasteiger partial charge in [0.15, 0.2) is 5.65 Å². The fraction of sp³-hybridized carbons (Fsp3) is 0.0833. The van der Waals surface area contributed by atoms with E-state index >= 15 is 0 Å². The van der Waals surface area contributed by atoms with Gasteiger partial charge in [0.1, 0.15) is 17.6 Å². The Labute approximate surface area is 103 Å². The fourth-order valence-electron chi connectivity index (χ4n) is 1.65. The van der Waals surface area contributed by atoms with Crippen LogP contribution in [0.2, 0.25) is 0 Å². The maximum Gasteiger partial charge on any atom is 0.248 e. The molecule has 6 heteroatoms. The molecule has 18 heavy (non-hydrogen) atoms. The van der Waals surface area contributed by atoms with E-state index in [0.29, 0.717) is 28.5 Å². The van der Waals surface area contributed by atoms with Crippen LogP contribution in [0.4, 0.5) is 5.69 Å². The Kier molecular flexibility index (Phi) is 2.33. The molecule has 0 atom stereocenters. The largest absolute Gasteiger partial charge is 0.437 e. The lowest BCUT2D eigenvalue weighted by molar-refractivity contribution is 0.464. The molecule has 3 aromatic rings. The number of H-pyrrole nitrogens is 1. The van der Waals surface area contributed by atoms with Crippen molar-refractivity contribution in [3.05, 3.63) is 36.4 Å². The third kappa shape index (κ3) is 1.73. The number of aromatic amines is 1. The van der Waals surface area contributed by atoms with E-state index in [2.05, 4.69) is 19.9 Å². The minimum absolute atomic E-state index is 0.436. The molecule has 1 aromatic carbocycles. The van der Waals surface area contributed by atoms with Crippen LogP contribution < -0.4 is 10.5 Å². The minimum atomic E-state index is 0.436. The normalized spacial score (nSPS) is 10.7. The first kappa shape index (κ1) is 10.5. The second kappa shape index (κ2) is 3.99. The number of ether oxygens (including phenoxy) is 1. The van der Waals surface area contributed by atoms with E-state index in [0.717, 1.165) is 5.56 Å². The van der Waals surface area contributed by atoms with Crippen molar-refractivity contribution in [2.24, 2.45) is 0 Å². The van der Waals surface area contributed by atoms with Gasteiger partial charge in [-0.15, -0.1) is 0 Å². The zero-order valence-corrected chi connectivity index (χ0v) is 9.71. The second-order valence-corrected chi connectivity index (χ2v) is 3.91. The molecule has 0 unspecified atom stereocenters. The molecule has 0 saturated carbocycles. The molecule has 0 spiro atoms. The van der Waals surface area contributed by atoms with Gasteiger partial charge in [0, 0.05) is 11.8 Å². The number of hydrogen-bond donors (Lipinski definition) is 2. The summed E-state index contributed by atoms with van der Waals surface area (Å²) in [7, 11) is 0. The summed E-state index contributed by atoms with van der Waals surface area (Å²) < 4.78 is 5.76. The van der Waals surface area contributed by atoms with Gasteiger partial charge < -0.3 is 15.5 Å². The maximum atomic E-state index is 5.76. The van der Waals surface area contributed by atoms with Crippen LogP contribution in [-0.4, -0.2) is 19.9 Å². The third-order valence-corrected chi connectivity index (χ3v) is 2.61. The van der Waals surface area contributed by atoms with E-state index in [1.807, 2.05) is 19.1 Å². The Morgan fingerprint density at radius 3 is 3.00 bits per heavy atom. The number of aryl methyl sites for hydroxylation is 1. The average Bonchev–Trinajstić information content (AvgIpc) is 2.83. The molecule has 0 fully saturated rings. The summed E-state index contributed by atoms with van der Waals surface area (Å²) in [6, 6.07) is 5.49. The van der Waals surface area contributed by atoms with Crippen molar-refractivity contribution in [3.8, 4) is 11.6 Å². The SMILES string of the molecule is Cc1ccc(N)cc1Oc1ncnc2nc[nH]c12. The van der Waals surface area contributed by atoms with Gasteiger partial charge in [-0.2, -0.15) is 4.98 Å². The van der Waals surface area contributed by atoms with Crippen molar-refractivity contribution in [2.45, 2.75) is 6.92 Å². The summed E-state index contributed by atoms with van der Waals surface area (Å²) in [5, 5.41) is 0. The van der Waals surface area contributed by atoms with Crippen molar-refractivity contribution in [2.75, 3.05) is 5.73 Å². The van der Waals surface area contributed by atoms with Crippen LogP contribution in [-0.2, 0) is 0 Å². The number of hydrogen-bond acceptors (Lipinski definition) is 5. The van der Waals surface area contributed by atoms with E-state index in [1.54, 1.807) is 12.4 Å². The van der Waals surface area contributed by atoms with Crippen LogP contribution in [0.1, 0.15) is 5.56 Å². The van der Waals surface area contributed by atoms with E-state index in [1.165, 1.54) is 6.33 Å².